The molecule has 0 radical (unpaired) electrons. The first kappa shape index (κ1) is 22.2. The molecule has 2 heterocycles. The molecule has 1 fully saturated rings. The molecular formula is C27H25N3O3S. The Morgan fingerprint density at radius 2 is 1.88 bits per heavy atom. The number of ether oxygens (including phenoxy) is 1. The fourth-order valence-corrected chi connectivity index (χ4v) is 4.64. The minimum atomic E-state index is -0.0452. The van der Waals surface area contributed by atoms with Crippen LogP contribution in [0.5, 0.6) is 11.6 Å². The van der Waals surface area contributed by atoms with Crippen molar-refractivity contribution in [1.82, 2.24) is 9.97 Å². The van der Waals surface area contributed by atoms with Gasteiger partial charge in [0.15, 0.2) is 0 Å². The highest BCUT2D eigenvalue weighted by Crippen LogP contribution is 2.33. The van der Waals surface area contributed by atoms with Gasteiger partial charge in [0.05, 0.1) is 6.42 Å². The number of hydrogen-bond donors (Lipinski definition) is 1. The molecule has 0 aliphatic heterocycles. The van der Waals surface area contributed by atoms with E-state index in [1.807, 2.05) is 61.5 Å². The van der Waals surface area contributed by atoms with Crippen molar-refractivity contribution in [3.63, 3.8) is 0 Å². The topological polar surface area (TPSA) is 81.2 Å². The lowest BCUT2D eigenvalue weighted by molar-refractivity contribution is -0.119. The lowest BCUT2D eigenvalue weighted by Gasteiger charge is -2.11. The smallest absolute Gasteiger partial charge is 0.224 e. The second kappa shape index (κ2) is 9.73. The summed E-state index contributed by atoms with van der Waals surface area (Å²) < 4.78 is 6.06. The molecule has 5 rings (SSSR count). The fraction of sp³-hybridized carbons (Fsp3) is 0.259. The van der Waals surface area contributed by atoms with Gasteiger partial charge < -0.3 is 10.1 Å². The maximum absolute atomic E-state index is 12.4. The van der Waals surface area contributed by atoms with Gasteiger partial charge in [-0.2, -0.15) is 0 Å². The molecule has 1 aliphatic carbocycles. The number of carbonyl (C=O) groups excluding carboxylic acids is 2. The fourth-order valence-electron chi connectivity index (χ4n) is 3.70. The number of aromatic nitrogens is 2. The van der Waals surface area contributed by atoms with E-state index in [4.69, 9.17) is 4.74 Å². The molecule has 0 unspecified atom stereocenters. The van der Waals surface area contributed by atoms with Gasteiger partial charge in [0.1, 0.15) is 26.9 Å². The van der Waals surface area contributed by atoms with Crippen LogP contribution in [0.15, 0.2) is 60.7 Å². The van der Waals surface area contributed by atoms with Crippen molar-refractivity contribution in [2.75, 3.05) is 5.32 Å². The highest BCUT2D eigenvalue weighted by Gasteiger charge is 2.29. The zero-order valence-electron chi connectivity index (χ0n) is 18.9. The highest BCUT2D eigenvalue weighted by molar-refractivity contribution is 7.18. The molecule has 172 valence electrons. The number of pyridine rings is 1. The van der Waals surface area contributed by atoms with Crippen LogP contribution in [0.1, 0.15) is 35.4 Å². The van der Waals surface area contributed by atoms with Gasteiger partial charge in [0, 0.05) is 30.2 Å². The third-order valence-corrected chi connectivity index (χ3v) is 6.77. The molecule has 2 aromatic heterocycles. The Morgan fingerprint density at radius 1 is 1.06 bits per heavy atom. The van der Waals surface area contributed by atoms with Crippen molar-refractivity contribution < 1.29 is 14.3 Å². The molecule has 1 saturated carbocycles. The van der Waals surface area contributed by atoms with E-state index in [1.54, 1.807) is 6.07 Å². The van der Waals surface area contributed by atoms with Gasteiger partial charge in [-0.3, -0.25) is 9.59 Å². The van der Waals surface area contributed by atoms with E-state index in [0.29, 0.717) is 36.6 Å². The third kappa shape index (κ3) is 5.48. The Balaban J connectivity index is 1.25. The summed E-state index contributed by atoms with van der Waals surface area (Å²) in [7, 11) is 0. The number of Topliss-reactive ketones (excluding diaryl/α,β-unsaturated/α-hetero) is 1. The Labute approximate surface area is 202 Å². The quantitative estimate of drug-likeness (QED) is 0.329. The average Bonchev–Trinajstić information content (AvgIpc) is 3.61. The first-order chi connectivity index (χ1) is 16.5. The second-order valence-electron chi connectivity index (χ2n) is 8.61. The zero-order valence-corrected chi connectivity index (χ0v) is 19.7. The molecule has 2 aromatic carbocycles. The summed E-state index contributed by atoms with van der Waals surface area (Å²) in [6.07, 6.45) is 3.49. The van der Waals surface area contributed by atoms with Gasteiger partial charge in [-0.1, -0.05) is 47.7 Å². The standard InChI is InChI=1S/C27H25N3O3S/c1-17-7-11-20(28-24(32)13-8-18-5-3-2-4-6-18)15-23(17)33-25-14-12-21-27(30-25)34-26(29-21)16-22(31)19-9-10-19/h2-7,11-12,14-15,19H,8-10,13,16H2,1H3,(H,28,32). The summed E-state index contributed by atoms with van der Waals surface area (Å²) in [4.78, 5) is 34.4. The van der Waals surface area contributed by atoms with Gasteiger partial charge in [-0.25, -0.2) is 9.97 Å². The molecule has 6 nitrogen and oxygen atoms in total. The number of ketones is 1. The molecule has 1 N–H and O–H groups in total. The second-order valence-corrected chi connectivity index (χ2v) is 9.68. The molecule has 1 amide bonds. The van der Waals surface area contributed by atoms with Gasteiger partial charge in [-0.15, -0.1) is 0 Å². The number of amides is 1. The van der Waals surface area contributed by atoms with Gasteiger partial charge in [0.2, 0.25) is 11.8 Å². The van der Waals surface area contributed by atoms with E-state index in [9.17, 15) is 9.59 Å². The minimum absolute atomic E-state index is 0.0452. The largest absolute Gasteiger partial charge is 0.439 e. The Bertz CT molecular complexity index is 1350. The maximum atomic E-state index is 12.4. The monoisotopic (exact) mass is 471 g/mol. The zero-order chi connectivity index (χ0) is 23.5. The van der Waals surface area contributed by atoms with E-state index in [1.165, 1.54) is 11.3 Å². The van der Waals surface area contributed by atoms with E-state index in [2.05, 4.69) is 15.3 Å². The van der Waals surface area contributed by atoms with Crippen LogP contribution < -0.4 is 10.1 Å². The lowest BCUT2D eigenvalue weighted by Crippen LogP contribution is -2.12. The van der Waals surface area contributed by atoms with E-state index in [0.717, 1.165) is 39.3 Å². The van der Waals surface area contributed by atoms with Crippen LogP contribution in [0.3, 0.4) is 0 Å². The highest BCUT2D eigenvalue weighted by atomic mass is 32.1. The Hall–Kier alpha value is -3.58. The van der Waals surface area contributed by atoms with Crippen molar-refractivity contribution in [2.45, 2.75) is 39.0 Å². The van der Waals surface area contributed by atoms with Gasteiger partial charge in [-0.05, 0) is 49.4 Å². The summed E-state index contributed by atoms with van der Waals surface area (Å²) in [5.74, 6) is 1.53. The molecule has 34 heavy (non-hydrogen) atoms. The van der Waals surface area contributed by atoms with Crippen LogP contribution in [0.2, 0.25) is 0 Å². The first-order valence-electron chi connectivity index (χ1n) is 11.4. The van der Waals surface area contributed by atoms with Crippen LogP contribution in [0.4, 0.5) is 5.69 Å². The predicted molar refractivity (Wildman–Crippen MR) is 133 cm³/mol. The third-order valence-electron chi connectivity index (χ3n) is 5.80. The average molecular weight is 472 g/mol. The number of rotatable bonds is 9. The molecule has 4 aromatic rings. The Kier molecular flexibility index (Phi) is 6.36. The van der Waals surface area contributed by atoms with Crippen LogP contribution >= 0.6 is 11.3 Å². The van der Waals surface area contributed by atoms with Crippen LogP contribution in [0, 0.1) is 12.8 Å². The van der Waals surface area contributed by atoms with Crippen molar-refractivity contribution in [2.24, 2.45) is 5.92 Å². The van der Waals surface area contributed by atoms with E-state index < -0.39 is 0 Å². The van der Waals surface area contributed by atoms with Crippen LogP contribution in [-0.4, -0.2) is 21.7 Å². The number of aryl methyl sites for hydroxylation is 2. The molecule has 0 atom stereocenters. The first-order valence-corrected chi connectivity index (χ1v) is 12.3. The number of nitrogens with one attached hydrogen (secondary N) is 1. The minimum Gasteiger partial charge on any atom is -0.439 e. The summed E-state index contributed by atoms with van der Waals surface area (Å²) in [6, 6.07) is 19.2. The molecule has 1 aliphatic rings. The van der Waals surface area contributed by atoms with Crippen molar-refractivity contribution in [3.05, 3.63) is 76.8 Å². The number of thiazole rings is 1. The molecule has 0 spiro atoms. The number of nitrogens with zero attached hydrogens (tertiary/aromatic N) is 2. The summed E-state index contributed by atoms with van der Waals surface area (Å²) in [5, 5.41) is 3.75. The molecular weight excluding hydrogens is 446 g/mol. The number of benzene rings is 2. The van der Waals surface area contributed by atoms with E-state index >= 15 is 0 Å². The lowest BCUT2D eigenvalue weighted by atomic mass is 10.1. The number of hydrogen-bond acceptors (Lipinski definition) is 6. The SMILES string of the molecule is Cc1ccc(NC(=O)CCc2ccccc2)cc1Oc1ccc2nc(CC(=O)C3CC3)sc2n1. The number of carbonyl (C=O) groups is 2. The van der Waals surface area contributed by atoms with Gasteiger partial charge >= 0.3 is 0 Å². The van der Waals surface area contributed by atoms with Crippen molar-refractivity contribution in [1.29, 1.82) is 0 Å². The molecule has 7 heteroatoms. The van der Waals surface area contributed by atoms with E-state index in [-0.39, 0.29) is 17.6 Å². The van der Waals surface area contributed by atoms with Gasteiger partial charge in [0.25, 0.3) is 0 Å². The van der Waals surface area contributed by atoms with Crippen LogP contribution in [0.25, 0.3) is 10.3 Å². The molecule has 0 saturated heterocycles. The predicted octanol–water partition coefficient (Wildman–Crippen LogP) is 5.88. The normalized spacial score (nSPS) is 13.1. The number of fused-ring (bicyclic) bond motifs is 1. The maximum Gasteiger partial charge on any atom is 0.224 e. The summed E-state index contributed by atoms with van der Waals surface area (Å²) in [6.45, 7) is 1.95. The number of anilines is 1. The Morgan fingerprint density at radius 3 is 2.68 bits per heavy atom. The van der Waals surface area contributed by atoms with Crippen LogP contribution in [-0.2, 0) is 22.4 Å². The van der Waals surface area contributed by atoms with Crippen molar-refractivity contribution >= 4 is 39.1 Å². The summed E-state index contributed by atoms with van der Waals surface area (Å²) >= 11 is 1.43. The summed E-state index contributed by atoms with van der Waals surface area (Å²) in [5.41, 5.74) is 3.52. The molecule has 0 bridgehead atoms. The van der Waals surface area contributed by atoms with Crippen molar-refractivity contribution in [3.8, 4) is 11.6 Å².